The predicted molar refractivity (Wildman–Crippen MR) is 290 cm³/mol. The maximum atomic E-state index is 15.5. The van der Waals surface area contributed by atoms with E-state index in [1.165, 1.54) is 35.7 Å². The molecule has 402 valence electrons. The predicted octanol–water partition coefficient (Wildman–Crippen LogP) is 5.75. The summed E-state index contributed by atoms with van der Waals surface area (Å²) in [4.78, 5) is 118. The summed E-state index contributed by atoms with van der Waals surface area (Å²) in [5.41, 5.74) is 2.23. The maximum absolute atomic E-state index is 15.5. The van der Waals surface area contributed by atoms with Gasteiger partial charge < -0.3 is 40.5 Å². The van der Waals surface area contributed by atoms with Gasteiger partial charge in [0.05, 0.1) is 17.3 Å². The van der Waals surface area contributed by atoms with Crippen LogP contribution in [0, 0.1) is 17.8 Å². The van der Waals surface area contributed by atoms with Crippen molar-refractivity contribution in [3.8, 4) is 0 Å². The molecule has 2 fully saturated rings. The van der Waals surface area contributed by atoms with Gasteiger partial charge in [-0.15, -0.1) is 6.58 Å². The van der Waals surface area contributed by atoms with E-state index in [1.807, 2.05) is 96.3 Å². The van der Waals surface area contributed by atoms with Crippen LogP contribution in [0.2, 0.25) is 0 Å². The molecule has 17 nitrogen and oxygen atoms in total. The van der Waals surface area contributed by atoms with Gasteiger partial charge >= 0.3 is 0 Å². The number of carbonyl (C=O) groups excluding carboxylic acids is 7. The molecule has 1 saturated carbocycles. The number of hydrogen-bond donors (Lipinski definition) is 4. The van der Waals surface area contributed by atoms with E-state index in [0.717, 1.165) is 41.1 Å². The number of amides is 7. The Hall–Kier alpha value is -6.91. The average Bonchev–Trinajstić information content (AvgIpc) is 3.74. The van der Waals surface area contributed by atoms with Crippen LogP contribution < -0.4 is 21.3 Å². The van der Waals surface area contributed by atoms with Crippen LogP contribution in [0.25, 0.3) is 21.8 Å². The Kier molecular flexibility index (Phi) is 18.0. The summed E-state index contributed by atoms with van der Waals surface area (Å²) in [7, 11) is 3.04. The highest BCUT2D eigenvalue weighted by molar-refractivity contribution is 5.99. The van der Waals surface area contributed by atoms with Crippen molar-refractivity contribution in [3.05, 3.63) is 97.1 Å². The van der Waals surface area contributed by atoms with Crippen LogP contribution in [0.15, 0.2) is 85.9 Å². The SMILES string of the molecule is C=CC(C)(C)n1cc(C[C@@H]2NC(=O)[C@H](CC3CCC3)NC(=O)[C@H](CC(C)C)N3CC/C=C\C[C@@H](C3=O)N(C)C(=O)[C@H](C)NC(=O)[C@H](Cc3cc4cccnc4cn3)NC(=O)[C@H](CC(C)C)N(C)C2=O)c2ccccc21. The zero-order valence-corrected chi connectivity index (χ0v) is 45.3. The van der Waals surface area contributed by atoms with Gasteiger partial charge in [-0.3, -0.25) is 43.5 Å². The second kappa shape index (κ2) is 24.2. The molecule has 1 aromatic carbocycles. The number of benzene rings is 1. The van der Waals surface area contributed by atoms with Gasteiger partial charge in [-0.25, -0.2) is 0 Å². The van der Waals surface area contributed by atoms with Crippen LogP contribution in [-0.2, 0) is 51.9 Å². The molecule has 5 heterocycles. The highest BCUT2D eigenvalue weighted by atomic mass is 16.2. The van der Waals surface area contributed by atoms with Crippen LogP contribution in [0.5, 0.6) is 0 Å². The molecule has 4 aromatic rings. The molecule has 17 heteroatoms. The van der Waals surface area contributed by atoms with Crippen molar-refractivity contribution >= 4 is 63.2 Å². The van der Waals surface area contributed by atoms with Crippen LogP contribution in [-0.4, -0.2) is 134 Å². The molecule has 2 bridgehead atoms. The van der Waals surface area contributed by atoms with Crippen molar-refractivity contribution in [1.82, 2.24) is 50.5 Å². The Balaban J connectivity index is 1.35. The lowest BCUT2D eigenvalue weighted by molar-refractivity contribution is -0.150. The molecule has 2 aliphatic heterocycles. The average molecular weight is 1030 g/mol. The summed E-state index contributed by atoms with van der Waals surface area (Å²) in [6.07, 6.45) is 14.9. The van der Waals surface area contributed by atoms with Crippen molar-refractivity contribution in [2.75, 3.05) is 20.6 Å². The van der Waals surface area contributed by atoms with Crippen molar-refractivity contribution in [2.24, 2.45) is 17.8 Å². The lowest BCUT2D eigenvalue weighted by atomic mass is 9.80. The smallest absolute Gasteiger partial charge is 0.246 e. The van der Waals surface area contributed by atoms with Crippen LogP contribution in [0.1, 0.15) is 111 Å². The van der Waals surface area contributed by atoms with Crippen molar-refractivity contribution < 1.29 is 33.6 Å². The zero-order valence-electron chi connectivity index (χ0n) is 45.3. The lowest BCUT2D eigenvalue weighted by Gasteiger charge is -2.39. The minimum atomic E-state index is -1.29. The molecule has 0 unspecified atom stereocenters. The molecule has 7 rings (SSSR count). The van der Waals surface area contributed by atoms with E-state index in [9.17, 15) is 19.2 Å². The first-order valence-electron chi connectivity index (χ1n) is 26.8. The Morgan fingerprint density at radius 1 is 0.747 bits per heavy atom. The third-order valence-electron chi connectivity index (χ3n) is 15.3. The monoisotopic (exact) mass is 1030 g/mol. The highest BCUT2D eigenvalue weighted by Crippen LogP contribution is 2.32. The Morgan fingerprint density at radius 2 is 1.41 bits per heavy atom. The Bertz CT molecular complexity index is 2800. The second-order valence-corrected chi connectivity index (χ2v) is 22.4. The number of aromatic nitrogens is 3. The number of pyridine rings is 2. The van der Waals surface area contributed by atoms with Crippen molar-refractivity contribution in [2.45, 2.75) is 161 Å². The van der Waals surface area contributed by atoms with E-state index in [1.54, 1.807) is 24.5 Å². The molecular formula is C58H78N10O7. The summed E-state index contributed by atoms with van der Waals surface area (Å²) in [6, 6.07) is 5.32. The number of likely N-dealkylation sites (N-methyl/N-ethyl adjacent to an activating group) is 2. The van der Waals surface area contributed by atoms with E-state index < -0.39 is 89.2 Å². The first-order valence-corrected chi connectivity index (χ1v) is 26.8. The molecule has 3 aromatic heterocycles. The van der Waals surface area contributed by atoms with E-state index in [-0.39, 0.29) is 56.4 Å². The van der Waals surface area contributed by atoms with E-state index in [2.05, 4.69) is 42.4 Å². The molecule has 0 radical (unpaired) electrons. The van der Waals surface area contributed by atoms with Gasteiger partial charge in [0, 0.05) is 67.9 Å². The van der Waals surface area contributed by atoms with E-state index in [0.29, 0.717) is 24.1 Å². The van der Waals surface area contributed by atoms with Gasteiger partial charge in [0.15, 0.2) is 0 Å². The standard InChI is InChI=1S/C58H78N10O7/c1-11-58(7,8)68-34-40(42-22-14-15-23-47(42)68)31-45-56(74)66(10)49(27-35(2)3)53(71)63-44(32-41-30-39-21-18-25-59-46(39)33-60-41)51(69)61-37(6)55(73)65(9)48-24-13-12-16-26-67(57(48)75)50(28-36(4)5)54(72)62-43(52(70)64-45)29-38-19-17-20-38/h11-15,18,21-23,25,30,33-38,43-45,48-50H,1,16-17,19-20,24,26-29,31-32H2,2-10H3,(H,61,69)(H,62,72)(H,63,71)(H,64,70)/b13-12-/t37-,43-,44-,45-,48-,49-,50-/m0/s1. The summed E-state index contributed by atoms with van der Waals surface area (Å²) >= 11 is 0. The number of para-hydroxylation sites is 1. The number of fused-ring (bicyclic) bond motifs is 4. The Labute approximate surface area is 441 Å². The van der Waals surface area contributed by atoms with E-state index >= 15 is 14.4 Å². The molecule has 4 N–H and O–H groups in total. The van der Waals surface area contributed by atoms with Gasteiger partial charge in [0.2, 0.25) is 41.4 Å². The normalized spacial score (nSPS) is 25.0. The number of hydrogen-bond acceptors (Lipinski definition) is 9. The minimum absolute atomic E-state index is 0.0237. The molecule has 0 spiro atoms. The number of nitrogens with zero attached hydrogens (tertiary/aromatic N) is 6. The third kappa shape index (κ3) is 13.1. The molecule has 7 amide bonds. The summed E-state index contributed by atoms with van der Waals surface area (Å²) in [5.74, 6) is -3.97. The van der Waals surface area contributed by atoms with Gasteiger partial charge in [0.1, 0.15) is 42.3 Å². The number of rotatable bonds is 12. The molecule has 1 aliphatic carbocycles. The topological polar surface area (TPSA) is 208 Å². The van der Waals surface area contributed by atoms with Gasteiger partial charge in [-0.2, -0.15) is 0 Å². The Morgan fingerprint density at radius 3 is 2.11 bits per heavy atom. The first-order chi connectivity index (χ1) is 35.7. The number of allylic oxidation sites excluding steroid dienone is 1. The maximum Gasteiger partial charge on any atom is 0.246 e. The van der Waals surface area contributed by atoms with Crippen LogP contribution >= 0.6 is 0 Å². The van der Waals surface area contributed by atoms with Crippen molar-refractivity contribution in [3.63, 3.8) is 0 Å². The lowest BCUT2D eigenvalue weighted by Crippen LogP contribution is -2.61. The van der Waals surface area contributed by atoms with E-state index in [4.69, 9.17) is 0 Å². The van der Waals surface area contributed by atoms with Crippen molar-refractivity contribution in [1.29, 1.82) is 0 Å². The number of carbonyl (C=O) groups is 7. The fourth-order valence-electron chi connectivity index (χ4n) is 10.6. The largest absolute Gasteiger partial charge is 0.343 e. The summed E-state index contributed by atoms with van der Waals surface area (Å²) in [6.45, 7) is 17.6. The molecule has 75 heavy (non-hydrogen) atoms. The molecule has 1 saturated heterocycles. The summed E-state index contributed by atoms with van der Waals surface area (Å²) in [5, 5.41) is 13.6. The zero-order chi connectivity index (χ0) is 54.3. The number of nitrogens with one attached hydrogen (secondary N) is 4. The van der Waals surface area contributed by atoms with Crippen LogP contribution in [0.3, 0.4) is 0 Å². The third-order valence-corrected chi connectivity index (χ3v) is 15.3. The highest BCUT2D eigenvalue weighted by Gasteiger charge is 2.42. The van der Waals surface area contributed by atoms with Crippen LogP contribution in [0.4, 0.5) is 0 Å². The fraction of sp³-hybridized carbons (Fsp3) is 0.534. The van der Waals surface area contributed by atoms with Gasteiger partial charge in [0.25, 0.3) is 0 Å². The first kappa shape index (κ1) is 55.8. The fourth-order valence-corrected chi connectivity index (χ4v) is 10.6. The van der Waals surface area contributed by atoms with Gasteiger partial charge in [-0.1, -0.05) is 89.5 Å². The summed E-state index contributed by atoms with van der Waals surface area (Å²) < 4.78 is 2.09. The second-order valence-electron chi connectivity index (χ2n) is 22.4. The minimum Gasteiger partial charge on any atom is -0.343 e. The quantitative estimate of drug-likeness (QED) is 0.127. The van der Waals surface area contributed by atoms with Gasteiger partial charge in [-0.05, 0) is 94.4 Å². The molecular weight excluding hydrogens is 949 g/mol. The molecule has 3 aliphatic rings. The molecule has 7 atom stereocenters.